The molecule has 1 aromatic heterocycles. The Labute approximate surface area is 131 Å². The number of rotatable bonds is 5. The predicted octanol–water partition coefficient (Wildman–Crippen LogP) is 4.21. The van der Waals surface area contributed by atoms with E-state index in [4.69, 9.17) is 4.74 Å². The first-order chi connectivity index (χ1) is 10.8. The molecule has 0 amide bonds. The van der Waals surface area contributed by atoms with Gasteiger partial charge in [-0.25, -0.2) is 0 Å². The van der Waals surface area contributed by atoms with Crippen LogP contribution in [0.4, 0.5) is 5.69 Å². The van der Waals surface area contributed by atoms with Crippen molar-refractivity contribution < 1.29 is 4.74 Å². The lowest BCUT2D eigenvalue weighted by atomic mass is 10.1. The Hall–Kier alpha value is -2.55. The third-order valence-electron chi connectivity index (χ3n) is 3.72. The average molecular weight is 292 g/mol. The molecule has 1 heterocycles. The van der Waals surface area contributed by atoms with Crippen molar-refractivity contribution in [2.24, 2.45) is 0 Å². The lowest BCUT2D eigenvalue weighted by Gasteiger charge is -2.12. The number of methoxy groups -OCH3 is 1. The fourth-order valence-electron chi connectivity index (χ4n) is 2.60. The van der Waals surface area contributed by atoms with Crippen molar-refractivity contribution >= 4 is 16.6 Å². The van der Waals surface area contributed by atoms with Crippen LogP contribution < -0.4 is 10.1 Å². The first kappa shape index (κ1) is 14.4. The number of benzene rings is 2. The normalized spacial score (nSPS) is 10.6. The minimum Gasteiger partial charge on any atom is -0.497 e. The molecule has 0 bridgehead atoms. The van der Waals surface area contributed by atoms with Gasteiger partial charge in [-0.2, -0.15) is 0 Å². The van der Waals surface area contributed by atoms with Gasteiger partial charge in [-0.3, -0.25) is 4.98 Å². The van der Waals surface area contributed by atoms with Gasteiger partial charge in [0.05, 0.1) is 12.6 Å². The highest BCUT2D eigenvalue weighted by Gasteiger charge is 2.05. The molecule has 22 heavy (non-hydrogen) atoms. The molecule has 112 valence electrons. The number of pyridine rings is 1. The summed E-state index contributed by atoms with van der Waals surface area (Å²) in [6, 6.07) is 18.6. The standard InChI is InChI=1S/C19H20N2O/c1-14-12-19(20-11-10-15-6-4-3-5-7-15)17-13-16(22-2)8-9-18(17)21-14/h3-9,12-13H,10-11H2,1-2H3,(H,20,21). The Morgan fingerprint density at radius 1 is 1.05 bits per heavy atom. The van der Waals surface area contributed by atoms with E-state index in [-0.39, 0.29) is 0 Å². The second kappa shape index (κ2) is 6.48. The number of aromatic nitrogens is 1. The van der Waals surface area contributed by atoms with Gasteiger partial charge in [0.25, 0.3) is 0 Å². The SMILES string of the molecule is COc1ccc2nc(C)cc(NCCc3ccccc3)c2c1. The van der Waals surface area contributed by atoms with E-state index in [2.05, 4.69) is 40.6 Å². The Morgan fingerprint density at radius 2 is 1.86 bits per heavy atom. The van der Waals surface area contributed by atoms with E-state index in [0.717, 1.165) is 41.0 Å². The molecular formula is C19H20N2O. The Bertz CT molecular complexity index is 769. The monoisotopic (exact) mass is 292 g/mol. The van der Waals surface area contributed by atoms with Gasteiger partial charge >= 0.3 is 0 Å². The number of hydrogen-bond acceptors (Lipinski definition) is 3. The second-order valence-corrected chi connectivity index (χ2v) is 5.36. The van der Waals surface area contributed by atoms with E-state index < -0.39 is 0 Å². The van der Waals surface area contributed by atoms with Gasteiger partial charge in [0.1, 0.15) is 5.75 Å². The zero-order valence-electron chi connectivity index (χ0n) is 13.0. The third kappa shape index (κ3) is 3.19. The van der Waals surface area contributed by atoms with Crippen LogP contribution in [0.5, 0.6) is 5.75 Å². The minimum atomic E-state index is 0.851. The molecule has 0 aliphatic heterocycles. The minimum absolute atomic E-state index is 0.851. The molecule has 0 unspecified atom stereocenters. The first-order valence-electron chi connectivity index (χ1n) is 7.49. The fraction of sp³-hybridized carbons (Fsp3) is 0.211. The summed E-state index contributed by atoms with van der Waals surface area (Å²) < 4.78 is 5.33. The summed E-state index contributed by atoms with van der Waals surface area (Å²) in [6.07, 6.45) is 0.994. The Balaban J connectivity index is 1.82. The van der Waals surface area contributed by atoms with Crippen LogP contribution in [0.1, 0.15) is 11.3 Å². The van der Waals surface area contributed by atoms with E-state index in [1.54, 1.807) is 7.11 Å². The van der Waals surface area contributed by atoms with Crippen LogP contribution in [0.15, 0.2) is 54.6 Å². The van der Waals surface area contributed by atoms with Crippen molar-refractivity contribution in [2.75, 3.05) is 19.0 Å². The van der Waals surface area contributed by atoms with E-state index >= 15 is 0 Å². The zero-order valence-corrected chi connectivity index (χ0v) is 13.0. The van der Waals surface area contributed by atoms with Crippen molar-refractivity contribution in [2.45, 2.75) is 13.3 Å². The largest absolute Gasteiger partial charge is 0.497 e. The lowest BCUT2D eigenvalue weighted by Crippen LogP contribution is -2.06. The molecule has 0 spiro atoms. The summed E-state index contributed by atoms with van der Waals surface area (Å²) in [5, 5.41) is 4.63. The molecule has 1 N–H and O–H groups in total. The number of nitrogens with one attached hydrogen (secondary N) is 1. The zero-order chi connectivity index (χ0) is 15.4. The molecule has 2 aromatic carbocycles. The molecule has 3 rings (SSSR count). The summed E-state index contributed by atoms with van der Waals surface area (Å²) in [6.45, 7) is 2.91. The number of hydrogen-bond donors (Lipinski definition) is 1. The van der Waals surface area contributed by atoms with E-state index in [0.29, 0.717) is 0 Å². The summed E-state index contributed by atoms with van der Waals surface area (Å²) in [4.78, 5) is 4.58. The smallest absolute Gasteiger partial charge is 0.119 e. The quantitative estimate of drug-likeness (QED) is 0.765. The van der Waals surface area contributed by atoms with Gasteiger partial charge in [-0.1, -0.05) is 30.3 Å². The summed E-state index contributed by atoms with van der Waals surface area (Å²) in [7, 11) is 1.69. The maximum absolute atomic E-state index is 5.33. The molecule has 3 heteroatoms. The van der Waals surface area contributed by atoms with Crippen molar-refractivity contribution in [3.63, 3.8) is 0 Å². The molecule has 3 aromatic rings. The van der Waals surface area contributed by atoms with Crippen LogP contribution >= 0.6 is 0 Å². The van der Waals surface area contributed by atoms with Crippen LogP contribution in [-0.2, 0) is 6.42 Å². The van der Waals surface area contributed by atoms with Crippen LogP contribution in [0.2, 0.25) is 0 Å². The van der Waals surface area contributed by atoms with Gasteiger partial charge in [-0.05, 0) is 43.2 Å². The fourth-order valence-corrected chi connectivity index (χ4v) is 2.60. The molecule has 0 radical (unpaired) electrons. The summed E-state index contributed by atoms with van der Waals surface area (Å²) in [5.41, 5.74) is 4.45. The van der Waals surface area contributed by atoms with Gasteiger partial charge < -0.3 is 10.1 Å². The summed E-state index contributed by atoms with van der Waals surface area (Å²) in [5.74, 6) is 0.851. The summed E-state index contributed by atoms with van der Waals surface area (Å²) >= 11 is 0. The molecule has 0 saturated heterocycles. The number of aryl methyl sites for hydroxylation is 1. The molecule has 0 atom stereocenters. The number of ether oxygens (including phenoxy) is 1. The van der Waals surface area contributed by atoms with Crippen molar-refractivity contribution in [3.05, 3.63) is 65.9 Å². The van der Waals surface area contributed by atoms with E-state index in [9.17, 15) is 0 Å². The number of nitrogens with zero attached hydrogens (tertiary/aromatic N) is 1. The Kier molecular flexibility index (Phi) is 4.24. The van der Waals surface area contributed by atoms with E-state index in [1.807, 2.05) is 31.2 Å². The molecular weight excluding hydrogens is 272 g/mol. The van der Waals surface area contributed by atoms with Crippen LogP contribution in [0.25, 0.3) is 10.9 Å². The van der Waals surface area contributed by atoms with Crippen molar-refractivity contribution in [3.8, 4) is 5.75 Å². The van der Waals surface area contributed by atoms with Crippen LogP contribution in [0, 0.1) is 6.92 Å². The highest BCUT2D eigenvalue weighted by molar-refractivity contribution is 5.92. The third-order valence-corrected chi connectivity index (χ3v) is 3.72. The van der Waals surface area contributed by atoms with Crippen LogP contribution in [0.3, 0.4) is 0 Å². The number of fused-ring (bicyclic) bond motifs is 1. The molecule has 3 nitrogen and oxygen atoms in total. The van der Waals surface area contributed by atoms with E-state index in [1.165, 1.54) is 5.56 Å². The average Bonchev–Trinajstić information content (AvgIpc) is 2.55. The highest BCUT2D eigenvalue weighted by Crippen LogP contribution is 2.27. The highest BCUT2D eigenvalue weighted by atomic mass is 16.5. The topological polar surface area (TPSA) is 34.1 Å². The lowest BCUT2D eigenvalue weighted by molar-refractivity contribution is 0.415. The maximum atomic E-state index is 5.33. The van der Waals surface area contributed by atoms with Gasteiger partial charge in [0, 0.05) is 23.3 Å². The van der Waals surface area contributed by atoms with Gasteiger partial charge in [0.2, 0.25) is 0 Å². The molecule has 0 fully saturated rings. The molecule has 0 saturated carbocycles. The maximum Gasteiger partial charge on any atom is 0.119 e. The van der Waals surface area contributed by atoms with Gasteiger partial charge in [-0.15, -0.1) is 0 Å². The Morgan fingerprint density at radius 3 is 2.64 bits per heavy atom. The van der Waals surface area contributed by atoms with Crippen LogP contribution in [-0.4, -0.2) is 18.6 Å². The van der Waals surface area contributed by atoms with Crippen molar-refractivity contribution in [1.82, 2.24) is 4.98 Å². The first-order valence-corrected chi connectivity index (χ1v) is 7.49. The van der Waals surface area contributed by atoms with Crippen molar-refractivity contribution in [1.29, 1.82) is 0 Å². The molecule has 0 aliphatic carbocycles. The second-order valence-electron chi connectivity index (χ2n) is 5.36. The molecule has 0 aliphatic rings. The van der Waals surface area contributed by atoms with Gasteiger partial charge in [0.15, 0.2) is 0 Å². The number of anilines is 1. The predicted molar refractivity (Wildman–Crippen MR) is 91.7 cm³/mol.